The van der Waals surface area contributed by atoms with E-state index in [1.807, 2.05) is 6.07 Å². The summed E-state index contributed by atoms with van der Waals surface area (Å²) in [6, 6.07) is 3.58. The van der Waals surface area contributed by atoms with Crippen LogP contribution in [0.25, 0.3) is 0 Å². The molecule has 0 radical (unpaired) electrons. The van der Waals surface area contributed by atoms with Gasteiger partial charge in [-0.2, -0.15) is 0 Å². The summed E-state index contributed by atoms with van der Waals surface area (Å²) in [5.41, 5.74) is 3.26. The van der Waals surface area contributed by atoms with Crippen LogP contribution in [0.4, 0.5) is 0 Å². The average molecular weight is 246 g/mol. The van der Waals surface area contributed by atoms with Crippen molar-refractivity contribution in [2.45, 2.75) is 33.6 Å². The van der Waals surface area contributed by atoms with Gasteiger partial charge in [0.15, 0.2) is 0 Å². The lowest BCUT2D eigenvalue weighted by Gasteiger charge is -2.02. The largest absolute Gasteiger partial charge is 0.357 e. The van der Waals surface area contributed by atoms with Gasteiger partial charge < -0.3 is 10.3 Å². The smallest absolute Gasteiger partial charge is 0.267 e. The Morgan fingerprint density at radius 1 is 1.33 bits per heavy atom. The van der Waals surface area contributed by atoms with Crippen molar-refractivity contribution >= 4 is 5.91 Å². The van der Waals surface area contributed by atoms with Crippen LogP contribution in [0.2, 0.25) is 0 Å². The average Bonchev–Trinajstić information content (AvgIpc) is 2.81. The Morgan fingerprint density at radius 2 is 2.11 bits per heavy atom. The van der Waals surface area contributed by atoms with Crippen LogP contribution in [0.5, 0.6) is 0 Å². The van der Waals surface area contributed by atoms with Crippen LogP contribution in [-0.2, 0) is 0 Å². The maximum atomic E-state index is 11.6. The fraction of sp³-hybridized carbons (Fsp3) is 0.400. The monoisotopic (exact) mass is 246 g/mol. The quantitative estimate of drug-likeness (QED) is 0.742. The van der Waals surface area contributed by atoms with E-state index >= 15 is 0 Å². The summed E-state index contributed by atoms with van der Waals surface area (Å²) in [5, 5.41) is 2.85. The molecule has 0 saturated heterocycles. The second-order valence-corrected chi connectivity index (χ2v) is 4.66. The van der Waals surface area contributed by atoms with Crippen LogP contribution in [0.15, 0.2) is 41.6 Å². The third-order valence-corrected chi connectivity index (χ3v) is 2.65. The maximum absolute atomic E-state index is 11.6. The Kier molecular flexibility index (Phi) is 5.98. The zero-order valence-electron chi connectivity index (χ0n) is 11.4. The van der Waals surface area contributed by atoms with Crippen LogP contribution in [0.3, 0.4) is 0 Å². The molecular formula is C15H22N2O. The second kappa shape index (κ2) is 7.54. The number of aromatic amines is 1. The van der Waals surface area contributed by atoms with E-state index in [1.54, 1.807) is 12.3 Å². The van der Waals surface area contributed by atoms with Crippen molar-refractivity contribution in [3.63, 3.8) is 0 Å². The molecule has 0 fully saturated rings. The molecule has 0 bridgehead atoms. The Hall–Kier alpha value is -1.77. The van der Waals surface area contributed by atoms with Gasteiger partial charge >= 0.3 is 0 Å². The summed E-state index contributed by atoms with van der Waals surface area (Å²) in [5.74, 6) is -0.0617. The van der Waals surface area contributed by atoms with Crippen LogP contribution in [0, 0.1) is 0 Å². The molecule has 98 valence electrons. The fourth-order valence-electron chi connectivity index (χ4n) is 1.58. The molecule has 3 nitrogen and oxygen atoms in total. The Balaban J connectivity index is 2.27. The number of aromatic nitrogens is 1. The van der Waals surface area contributed by atoms with Crippen molar-refractivity contribution in [2.75, 3.05) is 6.54 Å². The van der Waals surface area contributed by atoms with Crippen molar-refractivity contribution in [2.24, 2.45) is 0 Å². The summed E-state index contributed by atoms with van der Waals surface area (Å²) in [4.78, 5) is 14.5. The molecule has 0 aliphatic carbocycles. The van der Waals surface area contributed by atoms with Gasteiger partial charge in [0.2, 0.25) is 0 Å². The molecule has 18 heavy (non-hydrogen) atoms. The summed E-state index contributed by atoms with van der Waals surface area (Å²) in [6.07, 6.45) is 8.16. The van der Waals surface area contributed by atoms with E-state index in [1.165, 1.54) is 11.1 Å². The van der Waals surface area contributed by atoms with Gasteiger partial charge in [-0.25, -0.2) is 0 Å². The first-order chi connectivity index (χ1) is 8.59. The topological polar surface area (TPSA) is 44.9 Å². The van der Waals surface area contributed by atoms with E-state index in [-0.39, 0.29) is 5.91 Å². The van der Waals surface area contributed by atoms with Gasteiger partial charge in [0, 0.05) is 12.7 Å². The minimum Gasteiger partial charge on any atom is -0.357 e. The van der Waals surface area contributed by atoms with Gasteiger partial charge in [-0.1, -0.05) is 23.3 Å². The number of carbonyl (C=O) groups is 1. The molecule has 0 spiro atoms. The van der Waals surface area contributed by atoms with Crippen LogP contribution in [0.1, 0.15) is 44.1 Å². The molecular weight excluding hydrogens is 224 g/mol. The summed E-state index contributed by atoms with van der Waals surface area (Å²) in [7, 11) is 0. The molecule has 1 amide bonds. The zero-order chi connectivity index (χ0) is 13.4. The fourth-order valence-corrected chi connectivity index (χ4v) is 1.58. The van der Waals surface area contributed by atoms with Crippen molar-refractivity contribution < 1.29 is 4.79 Å². The van der Waals surface area contributed by atoms with Gasteiger partial charge in [0.25, 0.3) is 5.91 Å². The Labute approximate surface area is 109 Å². The zero-order valence-corrected chi connectivity index (χ0v) is 11.4. The molecule has 1 aromatic rings. The predicted octanol–water partition coefficient (Wildman–Crippen LogP) is 3.44. The summed E-state index contributed by atoms with van der Waals surface area (Å²) < 4.78 is 0. The van der Waals surface area contributed by atoms with E-state index in [4.69, 9.17) is 0 Å². The molecule has 0 unspecified atom stereocenters. The summed E-state index contributed by atoms with van der Waals surface area (Å²) in [6.45, 7) is 6.89. The molecule has 0 atom stereocenters. The molecule has 0 aliphatic heterocycles. The number of nitrogens with one attached hydrogen (secondary N) is 2. The highest BCUT2D eigenvalue weighted by Crippen LogP contribution is 2.05. The molecule has 1 rings (SSSR count). The van der Waals surface area contributed by atoms with Gasteiger partial charge in [0.05, 0.1) is 0 Å². The first kappa shape index (κ1) is 14.3. The highest BCUT2D eigenvalue weighted by atomic mass is 16.1. The normalized spacial score (nSPS) is 11.2. The number of hydrogen-bond acceptors (Lipinski definition) is 1. The highest BCUT2D eigenvalue weighted by molar-refractivity contribution is 5.92. The van der Waals surface area contributed by atoms with Crippen molar-refractivity contribution in [3.05, 3.63) is 47.3 Å². The third kappa shape index (κ3) is 5.53. The molecule has 0 saturated carbocycles. The van der Waals surface area contributed by atoms with E-state index in [9.17, 15) is 4.79 Å². The lowest BCUT2D eigenvalue weighted by atomic mass is 10.1. The Morgan fingerprint density at radius 3 is 2.72 bits per heavy atom. The summed E-state index contributed by atoms with van der Waals surface area (Å²) >= 11 is 0. The van der Waals surface area contributed by atoms with Crippen LogP contribution in [-0.4, -0.2) is 17.4 Å². The second-order valence-electron chi connectivity index (χ2n) is 4.66. The minimum atomic E-state index is -0.0617. The van der Waals surface area contributed by atoms with Gasteiger partial charge in [-0.3, -0.25) is 4.79 Å². The number of allylic oxidation sites excluding steroid dienone is 3. The van der Waals surface area contributed by atoms with Gasteiger partial charge in [0.1, 0.15) is 5.69 Å². The molecule has 2 N–H and O–H groups in total. The van der Waals surface area contributed by atoms with E-state index < -0.39 is 0 Å². The lowest BCUT2D eigenvalue weighted by molar-refractivity contribution is 0.0953. The predicted molar refractivity (Wildman–Crippen MR) is 75.5 cm³/mol. The maximum Gasteiger partial charge on any atom is 0.267 e. The van der Waals surface area contributed by atoms with Crippen LogP contribution >= 0.6 is 0 Å². The molecule has 1 aromatic heterocycles. The number of amides is 1. The van der Waals surface area contributed by atoms with Crippen molar-refractivity contribution in [3.8, 4) is 0 Å². The molecule has 1 heterocycles. The SMILES string of the molecule is CC(C)=CCC/C(C)=C/CNC(=O)c1ccc[nH]1. The Bertz CT molecular complexity index is 423. The number of H-pyrrole nitrogens is 1. The number of hydrogen-bond donors (Lipinski definition) is 2. The lowest BCUT2D eigenvalue weighted by Crippen LogP contribution is -2.23. The molecule has 3 heteroatoms. The minimum absolute atomic E-state index is 0.0617. The standard InChI is InChI=1S/C15H22N2O/c1-12(2)6-4-7-13(3)9-11-17-15(18)14-8-5-10-16-14/h5-6,8-10,16H,4,7,11H2,1-3H3,(H,17,18)/b13-9+. The van der Waals surface area contributed by atoms with E-state index in [0.717, 1.165) is 12.8 Å². The molecule has 0 aliphatic rings. The number of carbonyl (C=O) groups excluding carboxylic acids is 1. The first-order valence-corrected chi connectivity index (χ1v) is 6.30. The van der Waals surface area contributed by atoms with Gasteiger partial charge in [-0.15, -0.1) is 0 Å². The van der Waals surface area contributed by atoms with Crippen molar-refractivity contribution in [1.82, 2.24) is 10.3 Å². The number of rotatable bonds is 6. The van der Waals surface area contributed by atoms with Crippen molar-refractivity contribution in [1.29, 1.82) is 0 Å². The van der Waals surface area contributed by atoms with Gasteiger partial charge in [-0.05, 0) is 45.7 Å². The first-order valence-electron chi connectivity index (χ1n) is 6.30. The van der Waals surface area contributed by atoms with Crippen LogP contribution < -0.4 is 5.32 Å². The van der Waals surface area contributed by atoms with E-state index in [0.29, 0.717) is 12.2 Å². The molecule has 0 aromatic carbocycles. The highest BCUT2D eigenvalue weighted by Gasteiger charge is 2.02. The third-order valence-electron chi connectivity index (χ3n) is 2.65. The van der Waals surface area contributed by atoms with E-state index in [2.05, 4.69) is 43.2 Å².